The van der Waals surface area contributed by atoms with Gasteiger partial charge in [-0.05, 0) is 5.56 Å². The standard InChI is InChI=1S/C15H18N2OS/c1-11(2)14-16-13(10-19-14)15(18)17(3)9-12-7-5-4-6-8-12/h4-8,10-11H,9H2,1-3H3. The van der Waals surface area contributed by atoms with Crippen molar-refractivity contribution in [1.82, 2.24) is 9.88 Å². The Morgan fingerprint density at radius 3 is 2.58 bits per heavy atom. The first-order chi connectivity index (χ1) is 9.08. The van der Waals surface area contributed by atoms with Crippen molar-refractivity contribution in [1.29, 1.82) is 0 Å². The summed E-state index contributed by atoms with van der Waals surface area (Å²) in [5.74, 6) is 0.345. The van der Waals surface area contributed by atoms with Gasteiger partial charge in [0.05, 0.1) is 5.01 Å². The van der Waals surface area contributed by atoms with E-state index in [1.165, 1.54) is 0 Å². The van der Waals surface area contributed by atoms with Crippen LogP contribution in [0.2, 0.25) is 0 Å². The van der Waals surface area contributed by atoms with E-state index >= 15 is 0 Å². The molecule has 0 saturated carbocycles. The van der Waals surface area contributed by atoms with Crippen molar-refractivity contribution in [2.45, 2.75) is 26.3 Å². The molecule has 1 aromatic heterocycles. The van der Waals surface area contributed by atoms with Crippen molar-refractivity contribution in [2.24, 2.45) is 0 Å². The monoisotopic (exact) mass is 274 g/mol. The van der Waals surface area contributed by atoms with Gasteiger partial charge in [-0.3, -0.25) is 4.79 Å². The largest absolute Gasteiger partial charge is 0.336 e. The summed E-state index contributed by atoms with van der Waals surface area (Å²) in [6.45, 7) is 4.77. The lowest BCUT2D eigenvalue weighted by Crippen LogP contribution is -2.26. The summed E-state index contributed by atoms with van der Waals surface area (Å²) >= 11 is 1.55. The third-order valence-electron chi connectivity index (χ3n) is 2.84. The Morgan fingerprint density at radius 2 is 2.00 bits per heavy atom. The van der Waals surface area contributed by atoms with Crippen molar-refractivity contribution in [3.8, 4) is 0 Å². The number of benzene rings is 1. The van der Waals surface area contributed by atoms with Crippen LogP contribution in [0.25, 0.3) is 0 Å². The Bertz CT molecular complexity index is 548. The number of amides is 1. The third kappa shape index (κ3) is 3.41. The molecule has 2 rings (SSSR count). The lowest BCUT2D eigenvalue weighted by atomic mass is 10.2. The van der Waals surface area contributed by atoms with E-state index in [2.05, 4.69) is 18.8 Å². The zero-order chi connectivity index (χ0) is 13.8. The number of rotatable bonds is 4. The molecule has 1 heterocycles. The van der Waals surface area contributed by atoms with Crippen LogP contribution in [0.5, 0.6) is 0 Å². The van der Waals surface area contributed by atoms with E-state index in [1.54, 1.807) is 16.2 Å². The van der Waals surface area contributed by atoms with Gasteiger partial charge in [-0.15, -0.1) is 11.3 Å². The first-order valence-corrected chi connectivity index (χ1v) is 7.20. The second kappa shape index (κ2) is 5.97. The molecule has 0 radical (unpaired) electrons. The highest BCUT2D eigenvalue weighted by atomic mass is 32.1. The van der Waals surface area contributed by atoms with E-state index in [4.69, 9.17) is 0 Å². The van der Waals surface area contributed by atoms with E-state index < -0.39 is 0 Å². The summed E-state index contributed by atoms with van der Waals surface area (Å²) in [5.41, 5.74) is 1.67. The summed E-state index contributed by atoms with van der Waals surface area (Å²) in [6, 6.07) is 9.97. The quantitative estimate of drug-likeness (QED) is 0.854. The van der Waals surface area contributed by atoms with Crippen molar-refractivity contribution >= 4 is 17.2 Å². The van der Waals surface area contributed by atoms with Crippen LogP contribution in [0.1, 0.15) is 40.8 Å². The highest BCUT2D eigenvalue weighted by Crippen LogP contribution is 2.20. The predicted octanol–water partition coefficient (Wildman–Crippen LogP) is 3.54. The van der Waals surface area contributed by atoms with Gasteiger partial charge < -0.3 is 4.90 Å². The van der Waals surface area contributed by atoms with Gasteiger partial charge in [-0.2, -0.15) is 0 Å². The van der Waals surface area contributed by atoms with Crippen LogP contribution < -0.4 is 0 Å². The molecule has 2 aromatic rings. The second-order valence-electron chi connectivity index (χ2n) is 4.87. The van der Waals surface area contributed by atoms with Crippen LogP contribution in [0.15, 0.2) is 35.7 Å². The van der Waals surface area contributed by atoms with E-state index in [-0.39, 0.29) is 5.91 Å². The van der Waals surface area contributed by atoms with Crippen LogP contribution in [-0.2, 0) is 6.54 Å². The first-order valence-electron chi connectivity index (χ1n) is 6.32. The molecule has 1 aromatic carbocycles. The van der Waals surface area contributed by atoms with Gasteiger partial charge >= 0.3 is 0 Å². The van der Waals surface area contributed by atoms with Gasteiger partial charge in [0.2, 0.25) is 0 Å². The third-order valence-corrected chi connectivity index (χ3v) is 3.99. The zero-order valence-corrected chi connectivity index (χ0v) is 12.3. The topological polar surface area (TPSA) is 33.2 Å². The molecule has 0 saturated heterocycles. The Morgan fingerprint density at radius 1 is 1.32 bits per heavy atom. The molecule has 0 spiro atoms. The maximum atomic E-state index is 12.3. The van der Waals surface area contributed by atoms with Gasteiger partial charge in [0.15, 0.2) is 0 Å². The lowest BCUT2D eigenvalue weighted by Gasteiger charge is -2.15. The van der Waals surface area contributed by atoms with Crippen LogP contribution in [0, 0.1) is 0 Å². The molecule has 4 heteroatoms. The van der Waals surface area contributed by atoms with E-state index in [9.17, 15) is 4.79 Å². The summed E-state index contributed by atoms with van der Waals surface area (Å²) in [4.78, 5) is 18.4. The second-order valence-corrected chi connectivity index (χ2v) is 5.76. The fourth-order valence-corrected chi connectivity index (χ4v) is 2.58. The highest BCUT2D eigenvalue weighted by Gasteiger charge is 2.16. The molecular formula is C15H18N2OS. The van der Waals surface area contributed by atoms with Gasteiger partial charge in [0, 0.05) is 24.9 Å². The normalized spacial score (nSPS) is 10.7. The van der Waals surface area contributed by atoms with Gasteiger partial charge in [-0.25, -0.2) is 4.98 Å². The molecule has 3 nitrogen and oxygen atoms in total. The van der Waals surface area contributed by atoms with E-state index in [0.717, 1.165) is 10.6 Å². The number of thiazole rings is 1. The highest BCUT2D eigenvalue weighted by molar-refractivity contribution is 7.09. The zero-order valence-electron chi connectivity index (χ0n) is 11.5. The molecule has 0 unspecified atom stereocenters. The van der Waals surface area contributed by atoms with Crippen molar-refractivity contribution in [3.05, 3.63) is 52.0 Å². The molecule has 0 aliphatic rings. The minimum atomic E-state index is -0.0213. The number of hydrogen-bond acceptors (Lipinski definition) is 3. The molecule has 0 fully saturated rings. The molecule has 0 aliphatic carbocycles. The Balaban J connectivity index is 2.06. The summed E-state index contributed by atoms with van der Waals surface area (Å²) < 4.78 is 0. The van der Waals surface area contributed by atoms with Gasteiger partial charge in [0.1, 0.15) is 5.69 Å². The van der Waals surface area contributed by atoms with Crippen molar-refractivity contribution < 1.29 is 4.79 Å². The predicted molar refractivity (Wildman–Crippen MR) is 78.4 cm³/mol. The van der Waals surface area contributed by atoms with Gasteiger partial charge in [-0.1, -0.05) is 44.2 Å². The number of aromatic nitrogens is 1. The molecule has 0 atom stereocenters. The summed E-state index contributed by atoms with van der Waals surface area (Å²) in [6.07, 6.45) is 0. The molecule has 100 valence electrons. The molecule has 0 bridgehead atoms. The Hall–Kier alpha value is -1.68. The van der Waals surface area contributed by atoms with Crippen LogP contribution in [-0.4, -0.2) is 22.8 Å². The minimum absolute atomic E-state index is 0.0213. The van der Waals surface area contributed by atoms with Crippen molar-refractivity contribution in [2.75, 3.05) is 7.05 Å². The summed E-state index contributed by atoms with van der Waals surface area (Å²) in [7, 11) is 1.81. The molecule has 1 amide bonds. The van der Waals surface area contributed by atoms with E-state index in [1.807, 2.05) is 42.8 Å². The van der Waals surface area contributed by atoms with Crippen LogP contribution >= 0.6 is 11.3 Å². The number of hydrogen-bond donors (Lipinski definition) is 0. The number of carbonyl (C=O) groups excluding carboxylic acids is 1. The lowest BCUT2D eigenvalue weighted by molar-refractivity contribution is 0.0780. The number of carbonyl (C=O) groups is 1. The van der Waals surface area contributed by atoms with Gasteiger partial charge in [0.25, 0.3) is 5.91 Å². The SMILES string of the molecule is CC(C)c1nc(C(=O)N(C)Cc2ccccc2)cs1. The Kier molecular flexibility index (Phi) is 4.32. The maximum Gasteiger partial charge on any atom is 0.273 e. The first kappa shape index (κ1) is 13.7. The van der Waals surface area contributed by atoms with E-state index in [0.29, 0.717) is 18.2 Å². The maximum absolute atomic E-state index is 12.3. The Labute approximate surface area is 117 Å². The van der Waals surface area contributed by atoms with Crippen molar-refractivity contribution in [3.63, 3.8) is 0 Å². The summed E-state index contributed by atoms with van der Waals surface area (Å²) in [5, 5.41) is 2.86. The molecule has 0 aliphatic heterocycles. The number of nitrogens with zero attached hydrogens (tertiary/aromatic N) is 2. The minimum Gasteiger partial charge on any atom is -0.336 e. The fourth-order valence-electron chi connectivity index (χ4n) is 1.78. The molecular weight excluding hydrogens is 256 g/mol. The molecule has 0 N–H and O–H groups in total. The molecule has 19 heavy (non-hydrogen) atoms. The smallest absolute Gasteiger partial charge is 0.273 e. The average Bonchev–Trinajstić information content (AvgIpc) is 2.88. The fraction of sp³-hybridized carbons (Fsp3) is 0.333. The van der Waals surface area contributed by atoms with Crippen LogP contribution in [0.4, 0.5) is 0 Å². The van der Waals surface area contributed by atoms with Crippen LogP contribution in [0.3, 0.4) is 0 Å². The average molecular weight is 274 g/mol.